The quantitative estimate of drug-likeness (QED) is 0.485. The molecule has 0 aliphatic carbocycles. The molecule has 0 aliphatic heterocycles. The van der Waals surface area contributed by atoms with Crippen LogP contribution in [0.15, 0.2) is 59.1 Å². The summed E-state index contributed by atoms with van der Waals surface area (Å²) in [6.45, 7) is 8.79. The molecule has 0 saturated carbocycles. The molecule has 158 valence electrons. The highest BCUT2D eigenvalue weighted by atomic mass is 16.5. The first-order valence-electron chi connectivity index (χ1n) is 9.89. The molecule has 7 heteroatoms. The van der Waals surface area contributed by atoms with Crippen LogP contribution in [0, 0.1) is 0 Å². The first-order chi connectivity index (χ1) is 14.3. The highest BCUT2D eigenvalue weighted by molar-refractivity contribution is 5.99. The Morgan fingerprint density at radius 1 is 0.967 bits per heavy atom. The molecule has 2 aromatic carbocycles. The lowest BCUT2D eigenvalue weighted by Gasteiger charge is -2.12. The van der Waals surface area contributed by atoms with Crippen LogP contribution in [0.2, 0.25) is 0 Å². The van der Waals surface area contributed by atoms with E-state index in [0.717, 1.165) is 12.2 Å². The maximum absolute atomic E-state index is 12.2. The van der Waals surface area contributed by atoms with Crippen molar-refractivity contribution < 1.29 is 18.8 Å². The topological polar surface area (TPSA) is 85.6 Å². The van der Waals surface area contributed by atoms with Crippen LogP contribution in [0.3, 0.4) is 0 Å². The van der Waals surface area contributed by atoms with Crippen molar-refractivity contribution in [2.75, 3.05) is 17.2 Å². The molecule has 0 aliphatic rings. The van der Waals surface area contributed by atoms with Crippen molar-refractivity contribution in [2.45, 2.75) is 39.5 Å². The van der Waals surface area contributed by atoms with E-state index in [0.29, 0.717) is 35.4 Å². The minimum atomic E-state index is -0.403. The number of ether oxygens (including phenoxy) is 2. The van der Waals surface area contributed by atoms with Gasteiger partial charge in [0.05, 0.1) is 6.61 Å². The maximum atomic E-state index is 12.2. The summed E-state index contributed by atoms with van der Waals surface area (Å²) < 4.78 is 16.6. The molecule has 3 rings (SSSR count). The summed E-state index contributed by atoms with van der Waals surface area (Å²) in [5.74, 6) is 3.25. The Balaban J connectivity index is 1.52. The van der Waals surface area contributed by atoms with Gasteiger partial charge in [-0.25, -0.2) is 4.79 Å². The number of nitrogens with zero attached hydrogens (tertiary/aromatic N) is 1. The lowest BCUT2D eigenvalue weighted by Crippen LogP contribution is -2.19. The number of rotatable bonds is 7. The molecule has 2 N–H and O–H groups in total. The molecule has 30 heavy (non-hydrogen) atoms. The number of nitrogens with one attached hydrogen (secondary N) is 2. The second kappa shape index (κ2) is 9.35. The van der Waals surface area contributed by atoms with Crippen molar-refractivity contribution in [2.24, 2.45) is 0 Å². The van der Waals surface area contributed by atoms with Crippen LogP contribution >= 0.6 is 0 Å². The van der Waals surface area contributed by atoms with Crippen LogP contribution in [0.25, 0.3) is 0 Å². The first-order valence-corrected chi connectivity index (χ1v) is 9.89. The average Bonchev–Trinajstić information content (AvgIpc) is 3.18. The number of anilines is 2. The van der Waals surface area contributed by atoms with Gasteiger partial charge in [-0.2, -0.15) is 0 Å². The molecular formula is C23H27N3O4. The van der Waals surface area contributed by atoms with Gasteiger partial charge in [-0.3, -0.25) is 5.32 Å². The van der Waals surface area contributed by atoms with Gasteiger partial charge in [0.1, 0.15) is 23.0 Å². The average molecular weight is 409 g/mol. The Bertz CT molecular complexity index is 957. The SMILES string of the molecule is CCCOc1ccc(Oc2ccc(NC(=O)Nc3cc(C(C)(C)C)on3)cc2)cc1. The number of hydrogen-bond acceptors (Lipinski definition) is 5. The summed E-state index contributed by atoms with van der Waals surface area (Å²) in [6.07, 6.45) is 0.965. The molecule has 1 heterocycles. The number of hydrogen-bond donors (Lipinski definition) is 2. The molecule has 3 aromatic rings. The standard InChI is InChI=1S/C23H27N3O4/c1-5-14-28-17-10-12-19(13-11-17)29-18-8-6-16(7-9-18)24-22(27)25-21-15-20(30-26-21)23(2,3)4/h6-13,15H,5,14H2,1-4H3,(H2,24,25,26,27). The summed E-state index contributed by atoms with van der Waals surface area (Å²) in [5.41, 5.74) is 0.449. The predicted octanol–water partition coefficient (Wildman–Crippen LogP) is 6.20. The third-order valence-electron chi connectivity index (χ3n) is 4.14. The minimum Gasteiger partial charge on any atom is -0.494 e. The van der Waals surface area contributed by atoms with E-state index in [9.17, 15) is 4.79 Å². The normalized spacial score (nSPS) is 11.1. The summed E-state index contributed by atoms with van der Waals surface area (Å²) >= 11 is 0. The molecule has 0 atom stereocenters. The molecule has 7 nitrogen and oxygen atoms in total. The van der Waals surface area contributed by atoms with Gasteiger partial charge >= 0.3 is 6.03 Å². The molecular weight excluding hydrogens is 382 g/mol. The molecule has 0 unspecified atom stereocenters. The fraction of sp³-hybridized carbons (Fsp3) is 0.304. The highest BCUT2D eigenvalue weighted by Crippen LogP contribution is 2.26. The van der Waals surface area contributed by atoms with Crippen LogP contribution in [-0.4, -0.2) is 17.8 Å². The fourth-order valence-corrected chi connectivity index (χ4v) is 2.53. The van der Waals surface area contributed by atoms with Crippen molar-refractivity contribution in [1.82, 2.24) is 5.16 Å². The van der Waals surface area contributed by atoms with Gasteiger partial charge < -0.3 is 19.3 Å². The zero-order chi connectivity index (χ0) is 21.6. The zero-order valence-corrected chi connectivity index (χ0v) is 17.7. The van der Waals surface area contributed by atoms with Crippen molar-refractivity contribution >= 4 is 17.5 Å². The van der Waals surface area contributed by atoms with E-state index in [1.165, 1.54) is 0 Å². The second-order valence-electron chi connectivity index (χ2n) is 7.85. The van der Waals surface area contributed by atoms with Gasteiger partial charge in [-0.15, -0.1) is 0 Å². The number of urea groups is 1. The molecule has 0 bridgehead atoms. The second-order valence-corrected chi connectivity index (χ2v) is 7.85. The van der Waals surface area contributed by atoms with Crippen molar-refractivity contribution in [3.05, 3.63) is 60.4 Å². The zero-order valence-electron chi connectivity index (χ0n) is 17.7. The van der Waals surface area contributed by atoms with Crippen LogP contribution < -0.4 is 20.1 Å². The van der Waals surface area contributed by atoms with Gasteiger partial charge in [0.2, 0.25) is 0 Å². The lowest BCUT2D eigenvalue weighted by atomic mass is 9.93. The van der Waals surface area contributed by atoms with Gasteiger partial charge in [-0.1, -0.05) is 32.9 Å². The Morgan fingerprint density at radius 3 is 2.13 bits per heavy atom. The largest absolute Gasteiger partial charge is 0.494 e. The Kier molecular flexibility index (Phi) is 6.61. The van der Waals surface area contributed by atoms with E-state index >= 15 is 0 Å². The summed E-state index contributed by atoms with van der Waals surface area (Å²) in [6, 6.07) is 15.9. The molecule has 0 radical (unpaired) electrons. The Hall–Kier alpha value is -3.48. The van der Waals surface area contributed by atoms with E-state index in [-0.39, 0.29) is 5.41 Å². The van der Waals surface area contributed by atoms with Crippen LogP contribution in [0.4, 0.5) is 16.3 Å². The smallest absolute Gasteiger partial charge is 0.324 e. The van der Waals surface area contributed by atoms with Gasteiger partial charge in [0.15, 0.2) is 5.82 Å². The Morgan fingerprint density at radius 2 is 1.57 bits per heavy atom. The number of carbonyl (C=O) groups excluding carboxylic acids is 1. The van der Waals surface area contributed by atoms with E-state index in [1.807, 2.05) is 45.0 Å². The van der Waals surface area contributed by atoms with E-state index in [4.69, 9.17) is 14.0 Å². The van der Waals surface area contributed by atoms with Crippen molar-refractivity contribution in [3.63, 3.8) is 0 Å². The number of carbonyl (C=O) groups is 1. The van der Waals surface area contributed by atoms with Gasteiger partial charge in [0.25, 0.3) is 0 Å². The lowest BCUT2D eigenvalue weighted by molar-refractivity contribution is 0.262. The molecule has 1 aromatic heterocycles. The van der Waals surface area contributed by atoms with Crippen LogP contribution in [0.5, 0.6) is 17.2 Å². The number of amides is 2. The third kappa shape index (κ3) is 6.01. The van der Waals surface area contributed by atoms with Gasteiger partial charge in [0, 0.05) is 17.2 Å². The van der Waals surface area contributed by atoms with Gasteiger partial charge in [-0.05, 0) is 55.0 Å². The fourth-order valence-electron chi connectivity index (χ4n) is 2.53. The van der Waals surface area contributed by atoms with Crippen LogP contribution in [0.1, 0.15) is 39.9 Å². The predicted molar refractivity (Wildman–Crippen MR) is 117 cm³/mol. The summed E-state index contributed by atoms with van der Waals surface area (Å²) in [7, 11) is 0. The number of aromatic nitrogens is 1. The molecule has 0 spiro atoms. The highest BCUT2D eigenvalue weighted by Gasteiger charge is 2.20. The van der Waals surface area contributed by atoms with E-state index < -0.39 is 6.03 Å². The minimum absolute atomic E-state index is 0.178. The molecule has 0 saturated heterocycles. The van der Waals surface area contributed by atoms with Crippen molar-refractivity contribution in [1.29, 1.82) is 0 Å². The van der Waals surface area contributed by atoms with E-state index in [1.54, 1.807) is 30.3 Å². The molecule has 0 fully saturated rings. The maximum Gasteiger partial charge on any atom is 0.324 e. The first kappa shape index (κ1) is 21.2. The van der Waals surface area contributed by atoms with Crippen LogP contribution in [-0.2, 0) is 5.41 Å². The van der Waals surface area contributed by atoms with Crippen molar-refractivity contribution in [3.8, 4) is 17.2 Å². The number of benzene rings is 2. The third-order valence-corrected chi connectivity index (χ3v) is 4.14. The monoisotopic (exact) mass is 409 g/mol. The summed E-state index contributed by atoms with van der Waals surface area (Å²) in [4.78, 5) is 12.2. The molecule has 2 amide bonds. The Labute approximate surface area is 176 Å². The van der Waals surface area contributed by atoms with E-state index in [2.05, 4.69) is 22.7 Å². The summed E-state index contributed by atoms with van der Waals surface area (Å²) in [5, 5.41) is 9.28.